The number of morpholine rings is 1. The van der Waals surface area contributed by atoms with E-state index in [0.29, 0.717) is 73.3 Å². The SMILES string of the molecule is CC1(C)CCN(C(C)(C)C)C1.CC1(C)CCN(C(C)(C)C)CC1.CC1(C)CN(C(C)(C)C)CCO1.CC1CCN(C(C)(C)C)C1.CC1CCN(C(C)(C)C)CC1.CC1CCN(C(C)(C)C)CC1C.CC1CN(C(C)(C)C)C1.CC1CN(C(C)(C)C)CC1C.CC1CN(C(C)(C)C)CCN1C.CN1CCN(C(C)(C)C)CC1.CN1CCN(C(C)(C)C)CC1=O. The molecule has 0 saturated carbocycles. The van der Waals surface area contributed by atoms with Crippen LogP contribution in [0.3, 0.4) is 0 Å². The van der Waals surface area contributed by atoms with Gasteiger partial charge in [0.2, 0.25) is 5.91 Å². The molecule has 0 aliphatic carbocycles. The van der Waals surface area contributed by atoms with Crippen LogP contribution in [0.4, 0.5) is 0 Å². The van der Waals surface area contributed by atoms with Gasteiger partial charge in [-0.25, -0.2) is 0 Å². The molecule has 11 fully saturated rings. The molecule has 0 aromatic heterocycles. The second-order valence-corrected chi connectivity index (χ2v) is 54.3. The molecule has 6 unspecified atom stereocenters. The first-order valence-corrected chi connectivity index (χ1v) is 50.6. The van der Waals surface area contributed by atoms with Gasteiger partial charge < -0.3 is 19.4 Å². The summed E-state index contributed by atoms with van der Waals surface area (Å²) in [5, 5.41) is 0. The van der Waals surface area contributed by atoms with Gasteiger partial charge in [0.15, 0.2) is 0 Å². The zero-order valence-corrected chi connectivity index (χ0v) is 93.2. The number of carbonyl (C=O) groups is 1. The van der Waals surface area contributed by atoms with Gasteiger partial charge in [-0.3, -0.25) is 58.7 Å². The van der Waals surface area contributed by atoms with Crippen LogP contribution >= 0.6 is 0 Å². The second kappa shape index (κ2) is 49.8. The van der Waals surface area contributed by atoms with Crippen molar-refractivity contribution in [3.63, 3.8) is 0 Å². The minimum atomic E-state index is 0.0333. The van der Waals surface area contributed by atoms with E-state index in [-0.39, 0.29) is 22.6 Å². The van der Waals surface area contributed by atoms with Crippen molar-refractivity contribution in [3.8, 4) is 0 Å². The molecule has 0 bridgehead atoms. The Morgan fingerprint density at radius 1 is 0.268 bits per heavy atom. The highest BCUT2D eigenvalue weighted by molar-refractivity contribution is 5.78. The monoisotopic (exact) mass is 1740 g/mol. The summed E-state index contributed by atoms with van der Waals surface area (Å²) in [5.41, 5.74) is 4.95. The Morgan fingerprint density at radius 3 is 0.878 bits per heavy atom. The molecule has 123 heavy (non-hydrogen) atoms. The van der Waals surface area contributed by atoms with Crippen molar-refractivity contribution >= 4 is 5.91 Å². The predicted octanol–water partition coefficient (Wildman–Crippen LogP) is 21.8. The molecular weight excluding hydrogens is 1510 g/mol. The quantitative estimate of drug-likeness (QED) is 0.231. The van der Waals surface area contributed by atoms with E-state index < -0.39 is 0 Å². The fourth-order valence-corrected chi connectivity index (χ4v) is 17.5. The van der Waals surface area contributed by atoms with E-state index in [2.05, 4.69) is 403 Å². The van der Waals surface area contributed by atoms with Gasteiger partial charge in [-0.1, -0.05) is 76.2 Å². The molecular formula is C107H226N14O2. The van der Waals surface area contributed by atoms with E-state index in [9.17, 15) is 4.79 Å². The molecule has 11 rings (SSSR count). The van der Waals surface area contributed by atoms with E-state index in [4.69, 9.17) is 4.74 Å². The summed E-state index contributed by atoms with van der Waals surface area (Å²) in [6.07, 6.45) is 9.59. The molecule has 11 saturated heterocycles. The van der Waals surface area contributed by atoms with Gasteiger partial charge in [0.25, 0.3) is 0 Å². The van der Waals surface area contributed by atoms with Crippen molar-refractivity contribution in [2.24, 2.45) is 52.3 Å². The van der Waals surface area contributed by atoms with Gasteiger partial charge >= 0.3 is 0 Å². The summed E-state index contributed by atoms with van der Waals surface area (Å²) in [4.78, 5) is 45.8. The lowest BCUT2D eigenvalue weighted by molar-refractivity contribution is -0.136. The average molecular weight is 1740 g/mol. The van der Waals surface area contributed by atoms with E-state index in [0.717, 1.165) is 74.2 Å². The van der Waals surface area contributed by atoms with E-state index >= 15 is 0 Å². The molecule has 1 amide bonds. The van der Waals surface area contributed by atoms with Crippen molar-refractivity contribution in [1.82, 2.24) is 68.6 Å². The molecule has 11 aliphatic heterocycles. The van der Waals surface area contributed by atoms with Gasteiger partial charge in [-0.05, 0) is 406 Å². The number of rotatable bonds is 0. The Labute approximate surface area is 772 Å². The van der Waals surface area contributed by atoms with Crippen molar-refractivity contribution < 1.29 is 9.53 Å². The first kappa shape index (κ1) is 120. The van der Waals surface area contributed by atoms with Gasteiger partial charge in [0.05, 0.1) is 18.8 Å². The highest BCUT2D eigenvalue weighted by Gasteiger charge is 2.40. The number of ether oxygens (including phenoxy) is 1. The molecule has 0 aromatic carbocycles. The van der Waals surface area contributed by atoms with Crippen molar-refractivity contribution in [1.29, 1.82) is 0 Å². The number of piperazine rings is 3. The third-order valence-electron chi connectivity index (χ3n) is 29.2. The van der Waals surface area contributed by atoms with Crippen molar-refractivity contribution in [2.45, 2.75) is 443 Å². The number of piperidine rings is 3. The normalized spacial score (nSPS) is 27.1. The topological polar surface area (TPSA) is 71.7 Å². The highest BCUT2D eigenvalue weighted by Crippen LogP contribution is 2.36. The van der Waals surface area contributed by atoms with Crippen LogP contribution < -0.4 is 0 Å². The maximum atomic E-state index is 11.3. The number of hydrogen-bond donors (Lipinski definition) is 0. The first-order valence-electron chi connectivity index (χ1n) is 50.6. The Morgan fingerprint density at radius 2 is 0.569 bits per heavy atom. The Balaban J connectivity index is 0.000000677. The summed E-state index contributed by atoms with van der Waals surface area (Å²) in [5.74, 6) is 6.60. The average Bonchev–Trinajstić information content (AvgIpc) is 1.59. The fourth-order valence-electron chi connectivity index (χ4n) is 17.5. The van der Waals surface area contributed by atoms with Gasteiger partial charge in [-0.15, -0.1) is 0 Å². The summed E-state index contributed by atoms with van der Waals surface area (Å²) in [7, 11) is 6.27. The van der Waals surface area contributed by atoms with Crippen molar-refractivity contribution in [2.75, 3.05) is 198 Å². The first-order chi connectivity index (χ1) is 55.1. The fraction of sp³-hybridized carbons (Fsp3) is 0.991. The molecule has 0 N–H and O–H groups in total. The van der Waals surface area contributed by atoms with Crippen LogP contribution in [0.5, 0.6) is 0 Å². The van der Waals surface area contributed by atoms with Crippen LogP contribution in [0.25, 0.3) is 0 Å². The number of likely N-dealkylation sites (N-methyl/N-ethyl adjacent to an activating group) is 3. The Kier molecular flexibility index (Phi) is 48.5. The van der Waals surface area contributed by atoms with Crippen LogP contribution in [0.1, 0.15) is 370 Å². The van der Waals surface area contributed by atoms with E-state index in [1.54, 1.807) is 4.90 Å². The van der Waals surface area contributed by atoms with Crippen LogP contribution in [0.2, 0.25) is 0 Å². The molecule has 11 aliphatic rings. The maximum absolute atomic E-state index is 11.3. The molecule has 736 valence electrons. The largest absolute Gasteiger partial charge is 0.373 e. The van der Waals surface area contributed by atoms with E-state index in [1.807, 2.05) is 7.05 Å². The van der Waals surface area contributed by atoms with Crippen LogP contribution in [0, 0.1) is 52.3 Å². The van der Waals surface area contributed by atoms with Crippen LogP contribution in [0.15, 0.2) is 0 Å². The van der Waals surface area contributed by atoms with Gasteiger partial charge in [0, 0.05) is 192 Å². The maximum Gasteiger partial charge on any atom is 0.236 e. The standard InChI is InChI=1S/2C11H23N.C10H22N2.C10H21NO.3C10H21N.C9H18N2O.C9H20N2.C9H19N.C8H17N/c1-10(2,3)12-8-6-11(4,5)7-9-12;1-9-6-7-12(8-10(9)2)11(3,4)5;1-9-8-12(10(2,3)4)7-6-11(9)5;1-9(2,3)11-6-7-12-10(4,5)8-11;1-8-6-11(7-9(8)2)10(3,4)5;1-9(2,3)11-7-6-10(4,5)8-11;1-9-5-7-11(8-6-9)10(2,3)4;1-9(2,3)11-6-5-10(4)8(12)7-11;1-9(2,3)11-7-5-10(4)6-8-11;1-8-5-6-10(7-8)9(2,3)4;1-7-5-9(6-7)8(2,3)4/h6-9H2,1-5H3;9-10H,6-8H2,1-5H3;9H,6-8H2,1-5H3;6-8H2,1-5H3;8-9H,6-7H2,1-5H3;6-8H2,1-5H3;9H,5-8H2,1-4H3;5-7H2,1-4H3;5-8H2,1-4H3;8H,5-7H2,1-4H3;7H,5-6H2,1-4H3. The molecule has 0 spiro atoms. The summed E-state index contributed by atoms with van der Waals surface area (Å²) >= 11 is 0. The third kappa shape index (κ3) is 48.4. The lowest BCUT2D eigenvalue weighted by Crippen LogP contribution is -2.56. The van der Waals surface area contributed by atoms with Crippen molar-refractivity contribution in [3.05, 3.63) is 0 Å². The second-order valence-electron chi connectivity index (χ2n) is 54.3. The lowest BCUT2D eigenvalue weighted by atomic mass is 9.81. The number of nitrogens with zero attached hydrogens (tertiary/aromatic N) is 14. The molecule has 16 nitrogen and oxygen atoms in total. The van der Waals surface area contributed by atoms with Crippen LogP contribution in [-0.4, -0.2) is 345 Å². The smallest absolute Gasteiger partial charge is 0.236 e. The third-order valence-corrected chi connectivity index (χ3v) is 29.2. The number of hydrogen-bond acceptors (Lipinski definition) is 15. The highest BCUT2D eigenvalue weighted by atomic mass is 16.5. The minimum Gasteiger partial charge on any atom is -0.373 e. The summed E-state index contributed by atoms with van der Waals surface area (Å²) < 4.78 is 5.65. The zero-order valence-electron chi connectivity index (χ0n) is 93.2. The van der Waals surface area contributed by atoms with Gasteiger partial charge in [0.1, 0.15) is 0 Å². The Bertz CT molecular complexity index is 2730. The Hall–Kier alpha value is -1.09. The predicted molar refractivity (Wildman–Crippen MR) is 546 cm³/mol. The molecule has 6 atom stereocenters. The van der Waals surface area contributed by atoms with Crippen LogP contribution in [-0.2, 0) is 9.53 Å². The van der Waals surface area contributed by atoms with Gasteiger partial charge in [-0.2, -0.15) is 0 Å². The lowest BCUT2D eigenvalue weighted by Gasteiger charge is -2.46. The molecule has 11 heterocycles. The number of carbonyl (C=O) groups excluding carboxylic acids is 1. The minimum absolute atomic E-state index is 0.0333. The number of amides is 1. The summed E-state index contributed by atoms with van der Waals surface area (Å²) in [6.45, 7) is 140. The molecule has 0 radical (unpaired) electrons. The summed E-state index contributed by atoms with van der Waals surface area (Å²) in [6, 6.07) is 0.706. The zero-order chi connectivity index (χ0) is 96.0. The van der Waals surface area contributed by atoms with E-state index in [1.165, 1.54) is 182 Å². The number of likely N-dealkylation sites (tertiary alicyclic amines) is 7. The molecule has 0 aromatic rings. The molecule has 16 heteroatoms.